The van der Waals surface area contributed by atoms with Gasteiger partial charge in [-0.1, -0.05) is 70.9 Å². The first-order valence-electron chi connectivity index (χ1n) is 13.6. The molecule has 0 bridgehead atoms. The van der Waals surface area contributed by atoms with E-state index in [2.05, 4.69) is 33.0 Å². The monoisotopic (exact) mass is 504 g/mol. The fraction of sp³-hybridized carbons (Fsp3) is 0.724. The van der Waals surface area contributed by atoms with Gasteiger partial charge in [-0.15, -0.1) is 0 Å². The Morgan fingerprint density at radius 3 is 2.33 bits per heavy atom. The predicted octanol–water partition coefficient (Wildman–Crippen LogP) is 4.39. The van der Waals surface area contributed by atoms with Crippen molar-refractivity contribution >= 4 is 11.9 Å². The molecule has 1 heterocycles. The molecule has 7 nitrogen and oxygen atoms in total. The van der Waals surface area contributed by atoms with E-state index in [4.69, 9.17) is 9.47 Å². The van der Waals surface area contributed by atoms with E-state index in [-0.39, 0.29) is 30.1 Å². The molecule has 36 heavy (non-hydrogen) atoms. The molecule has 7 heteroatoms. The molecule has 1 saturated heterocycles. The van der Waals surface area contributed by atoms with Gasteiger partial charge in [0.15, 0.2) is 0 Å². The fourth-order valence-electron chi connectivity index (χ4n) is 5.79. The van der Waals surface area contributed by atoms with Crippen molar-refractivity contribution in [3.63, 3.8) is 0 Å². The molecule has 0 aromatic heterocycles. The van der Waals surface area contributed by atoms with Crippen LogP contribution in [0.4, 0.5) is 0 Å². The van der Waals surface area contributed by atoms with Crippen LogP contribution in [0.1, 0.15) is 65.4 Å². The summed E-state index contributed by atoms with van der Waals surface area (Å²) in [5.41, 5.74) is 0.983. The first kappa shape index (κ1) is 30.3. The number of aliphatic carboxylic acids is 1. The lowest BCUT2D eigenvalue weighted by atomic mass is 9.83. The number of nitrogens with one attached hydrogen (secondary N) is 1. The van der Waals surface area contributed by atoms with Gasteiger partial charge in [0.05, 0.1) is 24.7 Å². The lowest BCUT2D eigenvalue weighted by molar-refractivity contribution is -0.139. The van der Waals surface area contributed by atoms with Crippen LogP contribution in [0.3, 0.4) is 0 Å². The Morgan fingerprint density at radius 1 is 1.08 bits per heavy atom. The third-order valence-electron chi connectivity index (χ3n) is 8.10. The molecule has 204 valence electrons. The molecule has 1 aliphatic rings. The number of carboxylic acids is 1. The summed E-state index contributed by atoms with van der Waals surface area (Å²) in [5, 5.41) is 13.0. The summed E-state index contributed by atoms with van der Waals surface area (Å²) < 4.78 is 11.7. The lowest BCUT2D eigenvalue weighted by Crippen LogP contribution is -2.50. The summed E-state index contributed by atoms with van der Waals surface area (Å²) in [7, 11) is 3.40. The van der Waals surface area contributed by atoms with Gasteiger partial charge < -0.3 is 24.8 Å². The van der Waals surface area contributed by atoms with Crippen molar-refractivity contribution in [3.8, 4) is 0 Å². The van der Waals surface area contributed by atoms with Gasteiger partial charge in [0.2, 0.25) is 5.91 Å². The predicted molar refractivity (Wildman–Crippen MR) is 143 cm³/mol. The van der Waals surface area contributed by atoms with Crippen molar-refractivity contribution in [2.45, 2.75) is 90.5 Å². The van der Waals surface area contributed by atoms with Crippen LogP contribution < -0.4 is 5.32 Å². The Morgan fingerprint density at radius 2 is 1.78 bits per heavy atom. The van der Waals surface area contributed by atoms with E-state index in [1.54, 1.807) is 14.2 Å². The first-order valence-corrected chi connectivity index (χ1v) is 13.6. The van der Waals surface area contributed by atoms with E-state index in [9.17, 15) is 14.7 Å². The van der Waals surface area contributed by atoms with E-state index >= 15 is 0 Å². The molecule has 1 aromatic carbocycles. The second kappa shape index (κ2) is 15.3. The third-order valence-corrected chi connectivity index (χ3v) is 8.10. The van der Waals surface area contributed by atoms with Crippen LogP contribution >= 0.6 is 0 Å². The van der Waals surface area contributed by atoms with E-state index in [0.29, 0.717) is 31.2 Å². The number of hydrogen-bond donors (Lipinski definition) is 2. The zero-order chi connectivity index (χ0) is 26.7. The molecule has 2 N–H and O–H groups in total. The average Bonchev–Trinajstić information content (AvgIpc) is 3.36. The molecule has 7 atom stereocenters. The van der Waals surface area contributed by atoms with Gasteiger partial charge in [-0.2, -0.15) is 0 Å². The van der Waals surface area contributed by atoms with Crippen molar-refractivity contribution in [2.75, 3.05) is 27.3 Å². The molecule has 1 amide bonds. The van der Waals surface area contributed by atoms with E-state index in [1.165, 1.54) is 0 Å². The summed E-state index contributed by atoms with van der Waals surface area (Å²) in [6.07, 6.45) is 4.43. The third kappa shape index (κ3) is 8.29. The minimum absolute atomic E-state index is 0.0158. The molecule has 2 rings (SSSR count). The SMILES string of the molecule is CC[C@@H]([C@@H](C)CC)[C@@H](CC(=O)N1CCC[C@H]1[C@H](OC)[C@@H](C)CN[C@@H](Cc1ccccc1)C(=O)O)OC. The molecule has 0 spiro atoms. The summed E-state index contributed by atoms with van der Waals surface area (Å²) >= 11 is 0. The van der Waals surface area contributed by atoms with Crippen LogP contribution in [0.25, 0.3) is 0 Å². The molecule has 0 radical (unpaired) electrons. The second-order valence-corrected chi connectivity index (χ2v) is 10.4. The molecule has 1 aliphatic heterocycles. The number of nitrogens with zero attached hydrogens (tertiary/aromatic N) is 1. The average molecular weight is 505 g/mol. The highest BCUT2D eigenvalue weighted by Gasteiger charge is 2.39. The van der Waals surface area contributed by atoms with Crippen molar-refractivity contribution in [2.24, 2.45) is 17.8 Å². The summed E-state index contributed by atoms with van der Waals surface area (Å²) in [4.78, 5) is 27.3. The number of hydrogen-bond acceptors (Lipinski definition) is 5. The number of amides is 1. The normalized spacial score (nSPS) is 20.9. The Kier molecular flexibility index (Phi) is 12.9. The van der Waals surface area contributed by atoms with Crippen LogP contribution in [0.15, 0.2) is 30.3 Å². The Bertz CT molecular complexity index is 789. The van der Waals surface area contributed by atoms with Gasteiger partial charge in [0.1, 0.15) is 6.04 Å². The molecule has 0 saturated carbocycles. The number of benzene rings is 1. The minimum Gasteiger partial charge on any atom is -0.480 e. The Hall–Kier alpha value is -1.96. The fourth-order valence-corrected chi connectivity index (χ4v) is 5.79. The largest absolute Gasteiger partial charge is 0.480 e. The highest BCUT2D eigenvalue weighted by atomic mass is 16.5. The number of carboxylic acid groups (broad SMARTS) is 1. The first-order chi connectivity index (χ1) is 17.3. The van der Waals surface area contributed by atoms with E-state index in [1.807, 2.05) is 35.2 Å². The summed E-state index contributed by atoms with van der Waals surface area (Å²) in [6, 6.07) is 8.96. The molecule has 1 aromatic rings. The summed E-state index contributed by atoms with van der Waals surface area (Å²) in [5.74, 6) is 0.144. The smallest absolute Gasteiger partial charge is 0.321 e. The van der Waals surface area contributed by atoms with Gasteiger partial charge in [-0.3, -0.25) is 9.59 Å². The van der Waals surface area contributed by atoms with Gasteiger partial charge in [-0.05, 0) is 42.6 Å². The van der Waals surface area contributed by atoms with Crippen molar-refractivity contribution in [3.05, 3.63) is 35.9 Å². The standard InChI is InChI=1S/C29H48N2O5/c1-7-20(3)23(8-2)26(35-5)18-27(32)31-16-12-15-25(31)28(36-6)21(4)19-30-24(29(33)34)17-22-13-10-9-11-14-22/h9-11,13-14,20-21,23-26,28,30H,7-8,12,15-19H2,1-6H3,(H,33,34)/t20-,21-,23-,24-,25-,26+,28+/m0/s1. The van der Waals surface area contributed by atoms with E-state index < -0.39 is 12.0 Å². The maximum absolute atomic E-state index is 13.5. The quantitative estimate of drug-likeness (QED) is 0.347. The van der Waals surface area contributed by atoms with Crippen LogP contribution in [0.2, 0.25) is 0 Å². The van der Waals surface area contributed by atoms with Crippen LogP contribution in [0, 0.1) is 17.8 Å². The summed E-state index contributed by atoms with van der Waals surface area (Å²) in [6.45, 7) is 9.88. The highest BCUT2D eigenvalue weighted by Crippen LogP contribution is 2.30. The number of methoxy groups -OCH3 is 2. The number of rotatable bonds is 16. The van der Waals surface area contributed by atoms with Gasteiger partial charge in [-0.25, -0.2) is 0 Å². The number of likely N-dealkylation sites (tertiary alicyclic amines) is 1. The maximum atomic E-state index is 13.5. The van der Waals surface area contributed by atoms with Crippen LogP contribution in [-0.2, 0) is 25.5 Å². The lowest BCUT2D eigenvalue weighted by Gasteiger charge is -2.36. The Labute approximate surface area is 217 Å². The number of carbonyl (C=O) groups excluding carboxylic acids is 1. The maximum Gasteiger partial charge on any atom is 0.321 e. The zero-order valence-electron chi connectivity index (χ0n) is 23.1. The van der Waals surface area contributed by atoms with Crippen LogP contribution in [-0.4, -0.2) is 73.5 Å². The van der Waals surface area contributed by atoms with Gasteiger partial charge in [0.25, 0.3) is 0 Å². The molecule has 0 aliphatic carbocycles. The molecular formula is C29H48N2O5. The van der Waals surface area contributed by atoms with Crippen molar-refractivity contribution < 1.29 is 24.2 Å². The van der Waals surface area contributed by atoms with Crippen molar-refractivity contribution in [1.82, 2.24) is 10.2 Å². The van der Waals surface area contributed by atoms with Gasteiger partial charge in [0, 0.05) is 27.3 Å². The second-order valence-electron chi connectivity index (χ2n) is 10.4. The zero-order valence-corrected chi connectivity index (χ0v) is 23.1. The van der Waals surface area contributed by atoms with E-state index in [0.717, 1.165) is 37.8 Å². The van der Waals surface area contributed by atoms with Crippen molar-refractivity contribution in [1.29, 1.82) is 0 Å². The topological polar surface area (TPSA) is 88.1 Å². The molecule has 1 fully saturated rings. The Balaban J connectivity index is 2.03. The number of ether oxygens (including phenoxy) is 2. The molecule has 0 unspecified atom stereocenters. The minimum atomic E-state index is -0.866. The molecular weight excluding hydrogens is 456 g/mol. The highest BCUT2D eigenvalue weighted by molar-refractivity contribution is 5.77. The van der Waals surface area contributed by atoms with Crippen LogP contribution in [0.5, 0.6) is 0 Å². The van der Waals surface area contributed by atoms with Gasteiger partial charge >= 0.3 is 5.97 Å². The number of carbonyl (C=O) groups is 2.